The van der Waals surface area contributed by atoms with Gasteiger partial charge in [0.25, 0.3) is 5.91 Å². The van der Waals surface area contributed by atoms with Crippen molar-refractivity contribution in [3.63, 3.8) is 0 Å². The van der Waals surface area contributed by atoms with Gasteiger partial charge in [0, 0.05) is 25.1 Å². The van der Waals surface area contributed by atoms with Crippen molar-refractivity contribution in [2.24, 2.45) is 0 Å². The second-order valence-electron chi connectivity index (χ2n) is 4.52. The molecular weight excluding hydrogens is 242 g/mol. The summed E-state index contributed by atoms with van der Waals surface area (Å²) < 4.78 is 1.87. The number of nitrogens with zero attached hydrogens (tertiary/aromatic N) is 2. The Balaban J connectivity index is 2.11. The van der Waals surface area contributed by atoms with Gasteiger partial charge in [0.15, 0.2) is 0 Å². The Morgan fingerprint density at radius 2 is 2.42 bits per heavy atom. The first-order valence-corrected chi connectivity index (χ1v) is 6.37. The fraction of sp³-hybridized carbons (Fsp3) is 0.385. The molecule has 0 fully saturated rings. The predicted molar refractivity (Wildman–Crippen MR) is 73.6 cm³/mol. The highest BCUT2D eigenvalue weighted by atomic mass is 16.2. The summed E-state index contributed by atoms with van der Waals surface area (Å²) in [7, 11) is 0. The maximum absolute atomic E-state index is 12.2. The quantitative estimate of drug-likeness (QED) is 0.765. The summed E-state index contributed by atoms with van der Waals surface area (Å²) in [5.41, 5.74) is 6.94. The number of carbonyl (C=O) groups is 1. The average molecular weight is 261 g/mol. The molecule has 19 heavy (non-hydrogen) atoms. The van der Waals surface area contributed by atoms with Gasteiger partial charge in [0.1, 0.15) is 11.5 Å². The van der Waals surface area contributed by atoms with E-state index in [2.05, 4.69) is 22.2 Å². The molecule has 2 heterocycles. The molecule has 2 aromatic heterocycles. The number of H-pyrrole nitrogens is 1. The first kappa shape index (κ1) is 13.2. The molecule has 102 valence electrons. The molecule has 0 saturated carbocycles. The van der Waals surface area contributed by atoms with Gasteiger partial charge in [-0.2, -0.15) is 0 Å². The normalized spacial score (nSPS) is 12.3. The standard InChI is InChI=1S/C13H19N5O/c1-3-6-18-8-10(14)7-11(18)13(19)17-9(2)12-15-4-5-16-12/h4-5,7-9H,3,6,14H2,1-2H3,(H,15,16)(H,17,19). The number of hydrogen-bond donors (Lipinski definition) is 3. The SMILES string of the molecule is CCCn1cc(N)cc1C(=O)NC(C)c1ncc[nH]1. The van der Waals surface area contributed by atoms with Crippen LogP contribution in [0.2, 0.25) is 0 Å². The smallest absolute Gasteiger partial charge is 0.268 e. The highest BCUT2D eigenvalue weighted by molar-refractivity contribution is 5.94. The first-order valence-electron chi connectivity index (χ1n) is 6.37. The fourth-order valence-corrected chi connectivity index (χ4v) is 2.00. The third-order valence-electron chi connectivity index (χ3n) is 2.89. The van der Waals surface area contributed by atoms with Crippen molar-refractivity contribution in [3.8, 4) is 0 Å². The van der Waals surface area contributed by atoms with Gasteiger partial charge in [-0.1, -0.05) is 6.92 Å². The van der Waals surface area contributed by atoms with Crippen molar-refractivity contribution >= 4 is 11.6 Å². The van der Waals surface area contributed by atoms with E-state index in [-0.39, 0.29) is 11.9 Å². The van der Waals surface area contributed by atoms with Gasteiger partial charge in [-0.15, -0.1) is 0 Å². The van der Waals surface area contributed by atoms with Gasteiger partial charge in [-0.3, -0.25) is 4.79 Å². The summed E-state index contributed by atoms with van der Waals surface area (Å²) in [6.45, 7) is 4.71. The third-order valence-corrected chi connectivity index (χ3v) is 2.89. The second kappa shape index (κ2) is 5.60. The van der Waals surface area contributed by atoms with E-state index in [0.717, 1.165) is 18.8 Å². The Bertz CT molecular complexity index is 543. The van der Waals surface area contributed by atoms with Crippen LogP contribution in [-0.4, -0.2) is 20.4 Å². The number of anilines is 1. The van der Waals surface area contributed by atoms with Gasteiger partial charge in [0.2, 0.25) is 0 Å². The molecule has 1 atom stereocenters. The Labute approximate surface area is 112 Å². The highest BCUT2D eigenvalue weighted by Crippen LogP contribution is 2.13. The molecular formula is C13H19N5O. The lowest BCUT2D eigenvalue weighted by molar-refractivity contribution is 0.0929. The molecule has 0 bridgehead atoms. The van der Waals surface area contributed by atoms with Gasteiger partial charge in [0.05, 0.1) is 11.7 Å². The first-order chi connectivity index (χ1) is 9.11. The van der Waals surface area contributed by atoms with Crippen LogP contribution in [0, 0.1) is 0 Å². The number of aryl methyl sites for hydroxylation is 1. The lowest BCUT2D eigenvalue weighted by Crippen LogP contribution is -2.29. The largest absolute Gasteiger partial charge is 0.397 e. The second-order valence-corrected chi connectivity index (χ2v) is 4.52. The molecule has 4 N–H and O–H groups in total. The van der Waals surface area contributed by atoms with E-state index in [0.29, 0.717) is 11.4 Å². The lowest BCUT2D eigenvalue weighted by Gasteiger charge is -2.13. The van der Waals surface area contributed by atoms with E-state index >= 15 is 0 Å². The van der Waals surface area contributed by atoms with E-state index in [1.807, 2.05) is 11.5 Å². The zero-order chi connectivity index (χ0) is 13.8. The summed E-state index contributed by atoms with van der Waals surface area (Å²) >= 11 is 0. The summed E-state index contributed by atoms with van der Waals surface area (Å²) in [5, 5.41) is 2.90. The minimum absolute atomic E-state index is 0.144. The van der Waals surface area contributed by atoms with Crippen molar-refractivity contribution in [2.75, 3.05) is 5.73 Å². The summed E-state index contributed by atoms with van der Waals surface area (Å²) in [6, 6.07) is 1.52. The van der Waals surface area contributed by atoms with Crippen LogP contribution in [0.4, 0.5) is 5.69 Å². The van der Waals surface area contributed by atoms with Crippen molar-refractivity contribution in [1.29, 1.82) is 0 Å². The topological polar surface area (TPSA) is 88.7 Å². The predicted octanol–water partition coefficient (Wildman–Crippen LogP) is 1.69. The maximum atomic E-state index is 12.2. The van der Waals surface area contributed by atoms with Gasteiger partial charge >= 0.3 is 0 Å². The Morgan fingerprint density at radius 1 is 1.63 bits per heavy atom. The summed E-state index contributed by atoms with van der Waals surface area (Å²) in [4.78, 5) is 19.3. The van der Waals surface area contributed by atoms with Crippen LogP contribution >= 0.6 is 0 Å². The van der Waals surface area contributed by atoms with Crippen LogP contribution in [-0.2, 0) is 6.54 Å². The molecule has 2 aromatic rings. The molecule has 2 rings (SSSR count). The molecule has 1 amide bonds. The molecule has 6 heteroatoms. The number of nitrogen functional groups attached to an aromatic ring is 1. The van der Waals surface area contributed by atoms with Crippen molar-refractivity contribution in [1.82, 2.24) is 19.9 Å². The molecule has 1 unspecified atom stereocenters. The van der Waals surface area contributed by atoms with E-state index in [9.17, 15) is 4.79 Å². The van der Waals surface area contributed by atoms with E-state index in [4.69, 9.17) is 5.73 Å². The Kier molecular flexibility index (Phi) is 3.89. The van der Waals surface area contributed by atoms with Crippen molar-refractivity contribution in [3.05, 3.63) is 36.2 Å². The van der Waals surface area contributed by atoms with Crippen LogP contribution in [0.15, 0.2) is 24.7 Å². The number of amides is 1. The molecule has 0 radical (unpaired) electrons. The number of carbonyl (C=O) groups excluding carboxylic acids is 1. The maximum Gasteiger partial charge on any atom is 0.268 e. The van der Waals surface area contributed by atoms with Gasteiger partial charge in [-0.05, 0) is 19.4 Å². The third kappa shape index (κ3) is 2.96. The summed E-state index contributed by atoms with van der Waals surface area (Å²) in [5.74, 6) is 0.587. The number of imidazole rings is 1. The molecule has 0 spiro atoms. The number of nitrogens with two attached hydrogens (primary N) is 1. The van der Waals surface area contributed by atoms with E-state index in [1.165, 1.54) is 0 Å². The molecule has 0 aliphatic heterocycles. The zero-order valence-electron chi connectivity index (χ0n) is 11.2. The molecule has 6 nitrogen and oxygen atoms in total. The molecule has 0 aliphatic rings. The zero-order valence-corrected chi connectivity index (χ0v) is 11.2. The number of rotatable bonds is 5. The Hall–Kier alpha value is -2.24. The number of aromatic amines is 1. The van der Waals surface area contributed by atoms with Gasteiger partial charge < -0.3 is 20.6 Å². The van der Waals surface area contributed by atoms with E-state index in [1.54, 1.807) is 24.7 Å². The van der Waals surface area contributed by atoms with Crippen LogP contribution in [0.25, 0.3) is 0 Å². The van der Waals surface area contributed by atoms with Crippen molar-refractivity contribution in [2.45, 2.75) is 32.9 Å². The lowest BCUT2D eigenvalue weighted by atomic mass is 10.3. The monoisotopic (exact) mass is 261 g/mol. The highest BCUT2D eigenvalue weighted by Gasteiger charge is 2.16. The number of hydrogen-bond acceptors (Lipinski definition) is 3. The Morgan fingerprint density at radius 3 is 3.05 bits per heavy atom. The van der Waals surface area contributed by atoms with Crippen LogP contribution in [0.3, 0.4) is 0 Å². The van der Waals surface area contributed by atoms with Crippen LogP contribution in [0.5, 0.6) is 0 Å². The van der Waals surface area contributed by atoms with E-state index < -0.39 is 0 Å². The van der Waals surface area contributed by atoms with Crippen LogP contribution in [0.1, 0.15) is 42.6 Å². The molecule has 0 aliphatic carbocycles. The fourth-order valence-electron chi connectivity index (χ4n) is 2.00. The minimum Gasteiger partial charge on any atom is -0.397 e. The number of aromatic nitrogens is 3. The average Bonchev–Trinajstić information content (AvgIpc) is 2.99. The summed E-state index contributed by atoms with van der Waals surface area (Å²) in [6.07, 6.45) is 6.13. The minimum atomic E-state index is -0.172. The molecule has 0 aromatic carbocycles. The van der Waals surface area contributed by atoms with Gasteiger partial charge in [-0.25, -0.2) is 4.98 Å². The number of nitrogens with one attached hydrogen (secondary N) is 2. The van der Waals surface area contributed by atoms with Crippen LogP contribution < -0.4 is 11.1 Å². The molecule has 0 saturated heterocycles. The van der Waals surface area contributed by atoms with Crippen molar-refractivity contribution < 1.29 is 4.79 Å².